The van der Waals surface area contributed by atoms with Crippen LogP contribution in [0.15, 0.2) is 97.2 Å². The third-order valence-electron chi connectivity index (χ3n) is 9.20. The van der Waals surface area contributed by atoms with Gasteiger partial charge in [-0.2, -0.15) is 0 Å². The van der Waals surface area contributed by atoms with Crippen LogP contribution in [0.4, 0.5) is 0 Å². The molecule has 2 unspecified atom stereocenters. The Bertz CT molecular complexity index is 1370. The van der Waals surface area contributed by atoms with Crippen LogP contribution in [-0.2, 0) is 32.7 Å². The monoisotopic (exact) mass is 875 g/mol. The number of carbonyl (C=O) groups is 2. The molecular weight excluding hydrogens is 790 g/mol. The minimum absolute atomic E-state index is 0.0157. The lowest BCUT2D eigenvalue weighted by molar-refractivity contribution is -0.870. The maximum atomic E-state index is 12.7. The molecule has 0 aromatic rings. The predicted molar refractivity (Wildman–Crippen MR) is 253 cm³/mol. The van der Waals surface area contributed by atoms with Crippen LogP contribution >= 0.6 is 7.82 Å². The minimum Gasteiger partial charge on any atom is -0.462 e. The zero-order chi connectivity index (χ0) is 45.1. The molecule has 0 rings (SSSR count). The van der Waals surface area contributed by atoms with Crippen molar-refractivity contribution in [3.63, 3.8) is 0 Å². The van der Waals surface area contributed by atoms with Crippen molar-refractivity contribution in [2.75, 3.05) is 47.5 Å². The van der Waals surface area contributed by atoms with E-state index in [0.717, 1.165) is 38.5 Å². The highest BCUT2D eigenvalue weighted by molar-refractivity contribution is 7.47. The second-order valence-electron chi connectivity index (χ2n) is 16.3. The fourth-order valence-electron chi connectivity index (χ4n) is 5.53. The largest absolute Gasteiger partial charge is 0.472 e. The molecule has 0 aliphatic heterocycles. The minimum atomic E-state index is -4.45. The van der Waals surface area contributed by atoms with E-state index in [9.17, 15) is 24.2 Å². The highest BCUT2D eigenvalue weighted by Gasteiger charge is 2.27. The molecule has 0 aliphatic rings. The average Bonchev–Trinajstić information content (AvgIpc) is 3.21. The van der Waals surface area contributed by atoms with Crippen molar-refractivity contribution in [1.82, 2.24) is 0 Å². The Hall–Kier alpha value is -3.11. The topological polar surface area (TPSA) is 129 Å². The fraction of sp³-hybridized carbons (Fsp3) is 0.640. The lowest BCUT2D eigenvalue weighted by atomic mass is 10.1. The molecule has 0 heterocycles. The van der Waals surface area contributed by atoms with Gasteiger partial charge in [0.2, 0.25) is 0 Å². The maximum absolute atomic E-state index is 12.7. The van der Waals surface area contributed by atoms with E-state index in [1.807, 2.05) is 45.4 Å². The van der Waals surface area contributed by atoms with Gasteiger partial charge in [-0.05, 0) is 77.0 Å². The predicted octanol–water partition coefficient (Wildman–Crippen LogP) is 12.3. The number of allylic oxidation sites excluding steroid dienone is 15. The number of likely N-dealkylation sites (N-methyl/N-ethyl adjacent to an activating group) is 1. The molecule has 0 saturated heterocycles. The highest BCUT2D eigenvalue weighted by atomic mass is 31.2. The van der Waals surface area contributed by atoms with Gasteiger partial charge in [0.05, 0.1) is 33.9 Å². The first-order valence-corrected chi connectivity index (χ1v) is 24.6. The van der Waals surface area contributed by atoms with Crippen molar-refractivity contribution >= 4 is 19.8 Å². The summed E-state index contributed by atoms with van der Waals surface area (Å²) in [5.41, 5.74) is 0. The molecule has 0 bridgehead atoms. The van der Waals surface area contributed by atoms with Crippen LogP contribution in [0.1, 0.15) is 149 Å². The van der Waals surface area contributed by atoms with Crippen LogP contribution in [0.3, 0.4) is 0 Å². The number of aliphatic hydroxyl groups excluding tert-OH is 1. The van der Waals surface area contributed by atoms with Crippen molar-refractivity contribution < 1.29 is 47.2 Å². The number of phosphoric ester groups is 1. The molecule has 10 nitrogen and oxygen atoms in total. The van der Waals surface area contributed by atoms with E-state index in [1.54, 1.807) is 12.2 Å². The van der Waals surface area contributed by atoms with Gasteiger partial charge < -0.3 is 24.0 Å². The molecule has 0 fully saturated rings. The van der Waals surface area contributed by atoms with E-state index in [1.165, 1.54) is 64.2 Å². The summed E-state index contributed by atoms with van der Waals surface area (Å²) >= 11 is 0. The van der Waals surface area contributed by atoms with Crippen LogP contribution in [0.25, 0.3) is 0 Å². The third-order valence-corrected chi connectivity index (χ3v) is 10.2. The van der Waals surface area contributed by atoms with Crippen LogP contribution in [0.5, 0.6) is 0 Å². The van der Waals surface area contributed by atoms with Crippen LogP contribution in [0.2, 0.25) is 0 Å². The Morgan fingerprint density at radius 1 is 0.590 bits per heavy atom. The van der Waals surface area contributed by atoms with Gasteiger partial charge in [-0.1, -0.05) is 156 Å². The molecule has 11 heteroatoms. The second kappa shape index (κ2) is 40.9. The Morgan fingerprint density at radius 2 is 1.10 bits per heavy atom. The Morgan fingerprint density at radius 3 is 1.69 bits per heavy atom. The number of ether oxygens (including phenoxy) is 2. The molecule has 0 amide bonds. The molecule has 0 aliphatic carbocycles. The van der Waals surface area contributed by atoms with Crippen molar-refractivity contribution in [2.45, 2.75) is 161 Å². The molecule has 0 aromatic heterocycles. The summed E-state index contributed by atoms with van der Waals surface area (Å²) in [7, 11) is 1.32. The van der Waals surface area contributed by atoms with E-state index in [0.29, 0.717) is 30.3 Å². The molecule has 348 valence electrons. The number of rotatable bonds is 40. The summed E-state index contributed by atoms with van der Waals surface area (Å²) in [6, 6.07) is 0. The van der Waals surface area contributed by atoms with Crippen molar-refractivity contribution in [2.24, 2.45) is 0 Å². The standard InChI is InChI=1S/C50H84NO9P/c1-6-8-10-12-14-16-18-20-21-22-23-24-25-27-29-31-33-35-37-41-50(54)60-48(46-59-61(55,56)58-44-43-51(3,4)5)45-57-49(53)42-38-40-47(52)39-36-34-32-30-28-26-19-17-15-13-11-9-7-2/h14,16,20-21,23-24,26-29,32-36,39,47-48,52H,6-13,15,17-19,22,25,30-31,37-38,40-46H2,1-5H3/p+1/b16-14-,21-20-,24-23-,28-26+,29-27-,34-32+,35-33-,39-36+/t47?,48-/m1/s1. The first kappa shape index (κ1) is 57.9. The number of nitrogens with zero attached hydrogens (tertiary/aromatic N) is 1. The van der Waals surface area contributed by atoms with E-state index in [4.69, 9.17) is 18.5 Å². The average molecular weight is 875 g/mol. The number of hydrogen-bond donors (Lipinski definition) is 2. The molecule has 2 N–H and O–H groups in total. The van der Waals surface area contributed by atoms with Crippen LogP contribution in [0, 0.1) is 0 Å². The van der Waals surface area contributed by atoms with Gasteiger partial charge in [-0.25, -0.2) is 4.57 Å². The van der Waals surface area contributed by atoms with Gasteiger partial charge in [-0.3, -0.25) is 18.6 Å². The van der Waals surface area contributed by atoms with Crippen LogP contribution < -0.4 is 0 Å². The number of hydrogen-bond acceptors (Lipinski definition) is 8. The van der Waals surface area contributed by atoms with Gasteiger partial charge in [0.15, 0.2) is 6.10 Å². The molecule has 3 atom stereocenters. The Kier molecular flexibility index (Phi) is 38.8. The Balaban J connectivity index is 4.66. The first-order chi connectivity index (χ1) is 29.4. The molecule has 0 spiro atoms. The van der Waals surface area contributed by atoms with E-state index in [2.05, 4.69) is 74.6 Å². The van der Waals surface area contributed by atoms with Gasteiger partial charge in [0.1, 0.15) is 19.8 Å². The normalized spacial score (nSPS) is 14.9. The number of quaternary nitrogens is 1. The number of aliphatic hydroxyl groups is 1. The van der Waals surface area contributed by atoms with Crippen molar-refractivity contribution in [3.05, 3.63) is 97.2 Å². The summed E-state index contributed by atoms with van der Waals surface area (Å²) in [5.74, 6) is -1.10. The van der Waals surface area contributed by atoms with Gasteiger partial charge in [0, 0.05) is 12.8 Å². The van der Waals surface area contributed by atoms with Crippen molar-refractivity contribution in [1.29, 1.82) is 0 Å². The van der Waals surface area contributed by atoms with Gasteiger partial charge in [-0.15, -0.1) is 0 Å². The van der Waals surface area contributed by atoms with E-state index in [-0.39, 0.29) is 26.1 Å². The third kappa shape index (κ3) is 44.7. The van der Waals surface area contributed by atoms with E-state index < -0.39 is 38.6 Å². The fourth-order valence-corrected chi connectivity index (χ4v) is 6.27. The summed E-state index contributed by atoms with van der Waals surface area (Å²) in [4.78, 5) is 35.4. The van der Waals surface area contributed by atoms with Crippen LogP contribution in [-0.4, -0.2) is 86.1 Å². The summed E-state index contributed by atoms with van der Waals surface area (Å²) in [6.45, 7) is 4.06. The highest BCUT2D eigenvalue weighted by Crippen LogP contribution is 2.43. The van der Waals surface area contributed by atoms with Gasteiger partial charge >= 0.3 is 19.8 Å². The number of esters is 2. The first-order valence-electron chi connectivity index (χ1n) is 23.1. The van der Waals surface area contributed by atoms with E-state index >= 15 is 0 Å². The molecular formula is C50H85NO9P+. The summed E-state index contributed by atoms with van der Waals surface area (Å²) < 4.78 is 34.1. The SMILES string of the molecule is CCCCC/C=C\C/C=C\C/C=C\C/C=C\C/C=C\CCC(=O)O[C@H](COC(=O)CCCC(O)/C=C/C=C/C/C=C/CCCCCCCC)COP(=O)(O)OCC[N+](C)(C)C. The zero-order valence-corrected chi connectivity index (χ0v) is 39.6. The second-order valence-corrected chi connectivity index (χ2v) is 17.7. The number of carbonyl (C=O) groups excluding carboxylic acids is 2. The molecule has 61 heavy (non-hydrogen) atoms. The lowest BCUT2D eigenvalue weighted by Crippen LogP contribution is -2.37. The molecule has 0 aromatic carbocycles. The van der Waals surface area contributed by atoms with Gasteiger partial charge in [0.25, 0.3) is 0 Å². The summed E-state index contributed by atoms with van der Waals surface area (Å²) in [6.07, 6.45) is 50.8. The molecule has 0 radical (unpaired) electrons. The number of unbranched alkanes of at least 4 members (excludes halogenated alkanes) is 9. The quantitative estimate of drug-likeness (QED) is 0.0154. The lowest BCUT2D eigenvalue weighted by Gasteiger charge is -2.24. The smallest absolute Gasteiger partial charge is 0.462 e. The summed E-state index contributed by atoms with van der Waals surface area (Å²) in [5, 5.41) is 10.3. The van der Waals surface area contributed by atoms with Crippen molar-refractivity contribution in [3.8, 4) is 0 Å². The Labute approximate surface area is 371 Å². The maximum Gasteiger partial charge on any atom is 0.472 e. The number of phosphoric acid groups is 1. The zero-order valence-electron chi connectivity index (χ0n) is 38.7. The molecule has 0 saturated carbocycles.